The molecule has 0 bridgehead atoms. The van der Waals surface area contributed by atoms with Gasteiger partial charge in [0.2, 0.25) is 0 Å². The predicted molar refractivity (Wildman–Crippen MR) is 31.6 cm³/mol. The molecule has 5 heteroatoms. The van der Waals surface area contributed by atoms with Crippen molar-refractivity contribution < 1.29 is 17.4 Å². The van der Waals surface area contributed by atoms with Crippen LogP contribution in [0.15, 0.2) is 0 Å². The Kier molecular flexibility index (Phi) is 3.07. The van der Waals surface area contributed by atoms with Gasteiger partial charge in [0.25, 0.3) is 10.1 Å². The monoisotopic (exact) mass is 156 g/mol. The van der Waals surface area contributed by atoms with Crippen LogP contribution in [0.5, 0.6) is 0 Å². The molecule has 0 fully saturated rings. The lowest BCUT2D eigenvalue weighted by atomic mass is 10.4. The highest BCUT2D eigenvalue weighted by molar-refractivity contribution is 7.86. The molecule has 0 amide bonds. The van der Waals surface area contributed by atoms with E-state index in [2.05, 4.69) is 0 Å². The molecule has 0 radical (unpaired) electrons. The Balaban J connectivity index is 4.14. The van der Waals surface area contributed by atoms with Crippen LogP contribution < -0.4 is 0 Å². The van der Waals surface area contributed by atoms with E-state index in [-0.39, 0.29) is 6.42 Å². The van der Waals surface area contributed by atoms with E-state index < -0.39 is 22.0 Å². The summed E-state index contributed by atoms with van der Waals surface area (Å²) in [5, 5.41) is -1.24. The number of hydrogen-bond donors (Lipinski definition) is 1. The van der Waals surface area contributed by atoms with Gasteiger partial charge >= 0.3 is 0 Å². The summed E-state index contributed by atoms with van der Waals surface area (Å²) >= 11 is 0. The van der Waals surface area contributed by atoms with Crippen molar-refractivity contribution in [2.24, 2.45) is 0 Å². The van der Waals surface area contributed by atoms with Gasteiger partial charge in [-0.25, -0.2) is 4.39 Å². The Morgan fingerprint density at radius 3 is 2.11 bits per heavy atom. The molecule has 1 unspecified atom stereocenters. The Morgan fingerprint density at radius 2 is 2.11 bits per heavy atom. The molecule has 0 aromatic heterocycles. The first-order chi connectivity index (χ1) is 4.02. The van der Waals surface area contributed by atoms with Crippen molar-refractivity contribution in [3.63, 3.8) is 0 Å². The van der Waals surface area contributed by atoms with E-state index in [0.29, 0.717) is 0 Å². The second kappa shape index (κ2) is 3.12. The van der Waals surface area contributed by atoms with Gasteiger partial charge in [-0.2, -0.15) is 8.42 Å². The van der Waals surface area contributed by atoms with Crippen molar-refractivity contribution in [3.8, 4) is 0 Å². The van der Waals surface area contributed by atoms with Crippen molar-refractivity contribution in [2.45, 2.75) is 18.6 Å². The summed E-state index contributed by atoms with van der Waals surface area (Å²) in [5.74, 6) is 0. The number of rotatable bonds is 3. The highest BCUT2D eigenvalue weighted by Gasteiger charge is 2.19. The zero-order valence-electron chi connectivity index (χ0n) is 5.04. The smallest absolute Gasteiger partial charge is 0.270 e. The molecule has 0 aliphatic rings. The molecule has 1 atom stereocenters. The lowest BCUT2D eigenvalue weighted by Crippen LogP contribution is -2.21. The van der Waals surface area contributed by atoms with Gasteiger partial charge in [0, 0.05) is 0 Å². The van der Waals surface area contributed by atoms with Crippen LogP contribution in [0.25, 0.3) is 0 Å². The maximum atomic E-state index is 11.6. The average Bonchev–Trinajstić information content (AvgIpc) is 1.65. The quantitative estimate of drug-likeness (QED) is 0.609. The average molecular weight is 156 g/mol. The third-order valence-corrected chi connectivity index (χ3v) is 2.35. The van der Waals surface area contributed by atoms with E-state index >= 15 is 0 Å². The minimum atomic E-state index is -4.14. The Morgan fingerprint density at radius 1 is 1.67 bits per heavy atom. The maximum Gasteiger partial charge on any atom is 0.270 e. The van der Waals surface area contributed by atoms with Crippen molar-refractivity contribution in [3.05, 3.63) is 0 Å². The first kappa shape index (κ1) is 8.84. The zero-order valence-corrected chi connectivity index (χ0v) is 5.86. The van der Waals surface area contributed by atoms with E-state index in [1.54, 1.807) is 0 Å². The van der Waals surface area contributed by atoms with Gasteiger partial charge in [-0.1, -0.05) is 6.92 Å². The molecule has 0 saturated carbocycles. The van der Waals surface area contributed by atoms with Crippen LogP contribution in [0.3, 0.4) is 0 Å². The van der Waals surface area contributed by atoms with Crippen molar-refractivity contribution in [1.82, 2.24) is 0 Å². The lowest BCUT2D eigenvalue weighted by molar-refractivity contribution is 0.417. The van der Waals surface area contributed by atoms with Gasteiger partial charge in [-0.15, -0.1) is 0 Å². The molecule has 0 aliphatic heterocycles. The second-order valence-electron chi connectivity index (χ2n) is 1.70. The number of alkyl halides is 1. The summed E-state index contributed by atoms with van der Waals surface area (Å²) in [6, 6.07) is 0. The van der Waals surface area contributed by atoms with Gasteiger partial charge in [0.1, 0.15) is 11.9 Å². The van der Waals surface area contributed by atoms with Gasteiger partial charge < -0.3 is 0 Å². The molecule has 0 aromatic rings. The first-order valence-electron chi connectivity index (χ1n) is 2.54. The molecule has 56 valence electrons. The number of hydrogen-bond acceptors (Lipinski definition) is 2. The molecule has 0 heterocycles. The molecule has 0 aliphatic carbocycles. The summed E-state index contributed by atoms with van der Waals surface area (Å²) < 4.78 is 40.0. The van der Waals surface area contributed by atoms with Crippen LogP contribution in [0.1, 0.15) is 13.3 Å². The molecular weight excluding hydrogens is 147 g/mol. The molecule has 0 rings (SSSR count). The molecule has 0 spiro atoms. The summed E-state index contributed by atoms with van der Waals surface area (Å²) in [5.41, 5.74) is 0. The standard InChI is InChI=1S/C4H9FO3S/c1-2-4(3-5)9(6,7)8/h4H,2-3H2,1H3,(H,6,7,8). The van der Waals surface area contributed by atoms with Gasteiger partial charge in [-0.05, 0) is 6.42 Å². The molecule has 0 saturated heterocycles. The van der Waals surface area contributed by atoms with E-state index in [1.165, 1.54) is 6.92 Å². The fraction of sp³-hybridized carbons (Fsp3) is 1.00. The van der Waals surface area contributed by atoms with Crippen LogP contribution >= 0.6 is 0 Å². The van der Waals surface area contributed by atoms with Crippen LogP contribution in [-0.2, 0) is 10.1 Å². The summed E-state index contributed by atoms with van der Waals surface area (Å²) in [4.78, 5) is 0. The van der Waals surface area contributed by atoms with Crippen molar-refractivity contribution in [1.29, 1.82) is 0 Å². The SMILES string of the molecule is CCC(CF)S(=O)(=O)O. The Bertz CT molecular complexity index is 159. The van der Waals surface area contributed by atoms with E-state index in [4.69, 9.17) is 4.55 Å². The number of halogens is 1. The first-order valence-corrected chi connectivity index (χ1v) is 4.05. The van der Waals surface area contributed by atoms with Gasteiger partial charge in [0.15, 0.2) is 0 Å². The molecule has 9 heavy (non-hydrogen) atoms. The predicted octanol–water partition coefficient (Wildman–Crippen LogP) is 0.622. The lowest BCUT2D eigenvalue weighted by Gasteiger charge is -2.03. The fourth-order valence-corrected chi connectivity index (χ4v) is 0.980. The zero-order chi connectivity index (χ0) is 7.49. The minimum absolute atomic E-state index is 0.106. The fourth-order valence-electron chi connectivity index (χ4n) is 0.399. The highest BCUT2D eigenvalue weighted by atomic mass is 32.2. The van der Waals surface area contributed by atoms with E-state index in [9.17, 15) is 12.8 Å². The maximum absolute atomic E-state index is 11.6. The second-order valence-corrected chi connectivity index (χ2v) is 3.40. The molecule has 0 aromatic carbocycles. The summed E-state index contributed by atoms with van der Waals surface area (Å²) in [6.45, 7) is 0.480. The Hall–Kier alpha value is -0.160. The van der Waals surface area contributed by atoms with Crippen molar-refractivity contribution >= 4 is 10.1 Å². The molecule has 1 N–H and O–H groups in total. The van der Waals surface area contributed by atoms with Crippen LogP contribution in [0.2, 0.25) is 0 Å². The third kappa shape index (κ3) is 2.76. The van der Waals surface area contributed by atoms with Gasteiger partial charge in [0.05, 0.1) is 0 Å². The summed E-state index contributed by atoms with van der Waals surface area (Å²) in [6.07, 6.45) is 0.106. The van der Waals surface area contributed by atoms with E-state index in [1.807, 2.05) is 0 Å². The van der Waals surface area contributed by atoms with Crippen LogP contribution in [-0.4, -0.2) is 24.9 Å². The Labute approximate surface area is 53.6 Å². The highest BCUT2D eigenvalue weighted by Crippen LogP contribution is 2.03. The normalized spacial score (nSPS) is 15.4. The van der Waals surface area contributed by atoms with Crippen LogP contribution in [0, 0.1) is 0 Å². The summed E-state index contributed by atoms with van der Waals surface area (Å²) in [7, 11) is -4.14. The van der Waals surface area contributed by atoms with E-state index in [0.717, 1.165) is 0 Å². The third-order valence-electron chi connectivity index (χ3n) is 1.05. The van der Waals surface area contributed by atoms with Crippen LogP contribution in [0.4, 0.5) is 4.39 Å². The minimum Gasteiger partial charge on any atom is -0.285 e. The largest absolute Gasteiger partial charge is 0.285 e. The van der Waals surface area contributed by atoms with Crippen molar-refractivity contribution in [2.75, 3.05) is 6.67 Å². The topological polar surface area (TPSA) is 54.4 Å². The molecular formula is C4H9FO3S. The van der Waals surface area contributed by atoms with Gasteiger partial charge in [-0.3, -0.25) is 4.55 Å². The molecule has 3 nitrogen and oxygen atoms in total.